The molecule has 0 aromatic heterocycles. The molecule has 0 atom stereocenters. The lowest BCUT2D eigenvalue weighted by Gasteiger charge is -2.25. The number of amides is 1. The molecule has 3 nitrogen and oxygen atoms in total. The van der Waals surface area contributed by atoms with Gasteiger partial charge in [-0.3, -0.25) is 4.79 Å². The first-order chi connectivity index (χ1) is 14.0. The second kappa shape index (κ2) is 9.92. The van der Waals surface area contributed by atoms with E-state index in [1.165, 1.54) is 0 Å². The summed E-state index contributed by atoms with van der Waals surface area (Å²) in [7, 11) is 0. The van der Waals surface area contributed by atoms with Gasteiger partial charge in [0.25, 0.3) is 5.91 Å². The maximum Gasteiger partial charge on any atom is 0.254 e. The first-order valence-corrected chi connectivity index (χ1v) is 10.1. The van der Waals surface area contributed by atoms with Crippen LogP contribution in [-0.2, 0) is 13.2 Å². The van der Waals surface area contributed by atoms with Crippen LogP contribution in [0.3, 0.4) is 0 Å². The molecule has 3 aromatic rings. The lowest BCUT2D eigenvalue weighted by Crippen LogP contribution is -2.33. The Morgan fingerprint density at radius 2 is 1.59 bits per heavy atom. The number of rotatable bonds is 8. The van der Waals surface area contributed by atoms with Gasteiger partial charge in [-0.1, -0.05) is 74.0 Å². The van der Waals surface area contributed by atoms with Gasteiger partial charge in [-0.05, 0) is 48.2 Å². The molecule has 0 aliphatic heterocycles. The summed E-state index contributed by atoms with van der Waals surface area (Å²) < 4.78 is 5.95. The molecule has 0 saturated carbocycles. The van der Waals surface area contributed by atoms with Crippen molar-refractivity contribution in [2.24, 2.45) is 5.92 Å². The van der Waals surface area contributed by atoms with Crippen LogP contribution in [-0.4, -0.2) is 17.4 Å². The molecule has 3 aromatic carbocycles. The van der Waals surface area contributed by atoms with E-state index in [0.717, 1.165) is 28.0 Å². The van der Waals surface area contributed by atoms with E-state index in [1.54, 1.807) is 0 Å². The zero-order chi connectivity index (χ0) is 20.6. The highest BCUT2D eigenvalue weighted by Crippen LogP contribution is 2.19. The second-order valence-corrected chi connectivity index (χ2v) is 7.87. The number of benzene rings is 3. The molecule has 29 heavy (non-hydrogen) atoms. The van der Waals surface area contributed by atoms with Gasteiger partial charge in [0.2, 0.25) is 0 Å². The van der Waals surface area contributed by atoms with Crippen LogP contribution in [0.1, 0.15) is 40.9 Å². The Bertz CT molecular complexity index is 917. The van der Waals surface area contributed by atoms with Crippen molar-refractivity contribution < 1.29 is 9.53 Å². The van der Waals surface area contributed by atoms with Gasteiger partial charge in [0.05, 0.1) is 0 Å². The van der Waals surface area contributed by atoms with Crippen LogP contribution in [0.5, 0.6) is 5.75 Å². The minimum atomic E-state index is 0.0642. The van der Waals surface area contributed by atoms with E-state index in [4.69, 9.17) is 4.74 Å². The third kappa shape index (κ3) is 6.21. The average molecular weight is 388 g/mol. The molecule has 0 fully saturated rings. The van der Waals surface area contributed by atoms with E-state index in [0.29, 0.717) is 25.6 Å². The Kier molecular flexibility index (Phi) is 7.07. The molecule has 3 heteroatoms. The van der Waals surface area contributed by atoms with Crippen molar-refractivity contribution >= 4 is 5.91 Å². The SMILES string of the molecule is Cc1ccc(C(=O)N(Cc2cccc(OCc3ccccc3)c2)CC(C)C)cc1. The van der Waals surface area contributed by atoms with Gasteiger partial charge in [-0.15, -0.1) is 0 Å². The topological polar surface area (TPSA) is 29.5 Å². The van der Waals surface area contributed by atoms with Crippen LogP contribution in [0.25, 0.3) is 0 Å². The lowest BCUT2D eigenvalue weighted by molar-refractivity contribution is 0.0722. The number of ether oxygens (including phenoxy) is 1. The van der Waals surface area contributed by atoms with Gasteiger partial charge in [0, 0.05) is 18.7 Å². The molecule has 0 N–H and O–H groups in total. The normalized spacial score (nSPS) is 10.8. The van der Waals surface area contributed by atoms with E-state index >= 15 is 0 Å². The summed E-state index contributed by atoms with van der Waals surface area (Å²) in [5.74, 6) is 1.27. The van der Waals surface area contributed by atoms with Gasteiger partial charge in [0.1, 0.15) is 12.4 Å². The molecule has 3 rings (SSSR count). The maximum absolute atomic E-state index is 13.1. The van der Waals surface area contributed by atoms with E-state index in [-0.39, 0.29) is 5.91 Å². The van der Waals surface area contributed by atoms with Crippen LogP contribution < -0.4 is 4.74 Å². The monoisotopic (exact) mass is 387 g/mol. The molecule has 1 amide bonds. The molecule has 0 heterocycles. The molecule has 0 bridgehead atoms. The highest BCUT2D eigenvalue weighted by molar-refractivity contribution is 5.94. The molecule has 0 unspecified atom stereocenters. The van der Waals surface area contributed by atoms with Crippen molar-refractivity contribution in [2.75, 3.05) is 6.54 Å². The van der Waals surface area contributed by atoms with Crippen molar-refractivity contribution in [1.82, 2.24) is 4.90 Å². The fourth-order valence-corrected chi connectivity index (χ4v) is 3.23. The van der Waals surface area contributed by atoms with Gasteiger partial charge in [0.15, 0.2) is 0 Å². The standard InChI is InChI=1S/C26H29NO2/c1-20(2)17-27(26(28)24-14-12-21(3)13-15-24)18-23-10-7-11-25(16-23)29-19-22-8-5-4-6-9-22/h4-16,20H,17-19H2,1-3H3. The van der Waals surface area contributed by atoms with Gasteiger partial charge >= 0.3 is 0 Å². The fraction of sp³-hybridized carbons (Fsp3) is 0.269. The Hall–Kier alpha value is -3.07. The minimum Gasteiger partial charge on any atom is -0.489 e. The smallest absolute Gasteiger partial charge is 0.254 e. The number of carbonyl (C=O) groups is 1. The van der Waals surface area contributed by atoms with Crippen molar-refractivity contribution in [1.29, 1.82) is 0 Å². The van der Waals surface area contributed by atoms with E-state index in [2.05, 4.69) is 26.0 Å². The zero-order valence-corrected chi connectivity index (χ0v) is 17.5. The van der Waals surface area contributed by atoms with E-state index in [1.807, 2.05) is 78.6 Å². The second-order valence-electron chi connectivity index (χ2n) is 7.87. The van der Waals surface area contributed by atoms with Crippen LogP contribution >= 0.6 is 0 Å². The number of aryl methyl sites for hydroxylation is 1. The summed E-state index contributed by atoms with van der Waals surface area (Å²) in [6.45, 7) is 8.10. The number of nitrogens with zero attached hydrogens (tertiary/aromatic N) is 1. The molecule has 150 valence electrons. The van der Waals surface area contributed by atoms with Crippen molar-refractivity contribution in [3.63, 3.8) is 0 Å². The number of hydrogen-bond donors (Lipinski definition) is 0. The maximum atomic E-state index is 13.1. The largest absolute Gasteiger partial charge is 0.489 e. The highest BCUT2D eigenvalue weighted by Gasteiger charge is 2.17. The fourth-order valence-electron chi connectivity index (χ4n) is 3.23. The summed E-state index contributed by atoms with van der Waals surface area (Å²) in [6, 6.07) is 25.9. The zero-order valence-electron chi connectivity index (χ0n) is 17.5. The summed E-state index contributed by atoms with van der Waals surface area (Å²) >= 11 is 0. The summed E-state index contributed by atoms with van der Waals surface area (Å²) in [6.07, 6.45) is 0. The molecular formula is C26H29NO2. The predicted octanol–water partition coefficient (Wildman–Crippen LogP) is 5.87. The quantitative estimate of drug-likeness (QED) is 0.483. The van der Waals surface area contributed by atoms with E-state index in [9.17, 15) is 4.79 Å². The molecular weight excluding hydrogens is 358 g/mol. The van der Waals surface area contributed by atoms with E-state index < -0.39 is 0 Å². The highest BCUT2D eigenvalue weighted by atomic mass is 16.5. The van der Waals surface area contributed by atoms with Crippen LogP contribution in [0.15, 0.2) is 78.9 Å². The Labute approximate surface area is 174 Å². The van der Waals surface area contributed by atoms with Crippen LogP contribution in [0.2, 0.25) is 0 Å². The van der Waals surface area contributed by atoms with Crippen LogP contribution in [0, 0.1) is 12.8 Å². The van der Waals surface area contributed by atoms with Crippen LogP contribution in [0.4, 0.5) is 0 Å². The third-order valence-electron chi connectivity index (χ3n) is 4.69. The number of carbonyl (C=O) groups excluding carboxylic acids is 1. The molecule has 0 aliphatic rings. The number of hydrogen-bond acceptors (Lipinski definition) is 2. The van der Waals surface area contributed by atoms with Crippen molar-refractivity contribution in [3.05, 3.63) is 101 Å². The first-order valence-electron chi connectivity index (χ1n) is 10.1. The third-order valence-corrected chi connectivity index (χ3v) is 4.69. The average Bonchev–Trinajstić information content (AvgIpc) is 2.72. The minimum absolute atomic E-state index is 0.0642. The molecule has 0 radical (unpaired) electrons. The Morgan fingerprint density at radius 3 is 2.28 bits per heavy atom. The molecule has 0 spiro atoms. The van der Waals surface area contributed by atoms with Gasteiger partial charge in [-0.25, -0.2) is 0 Å². The van der Waals surface area contributed by atoms with Gasteiger partial charge in [-0.2, -0.15) is 0 Å². The lowest BCUT2D eigenvalue weighted by atomic mass is 10.1. The predicted molar refractivity (Wildman–Crippen MR) is 118 cm³/mol. The molecule has 0 saturated heterocycles. The van der Waals surface area contributed by atoms with Gasteiger partial charge < -0.3 is 9.64 Å². The Balaban J connectivity index is 1.71. The van der Waals surface area contributed by atoms with Crippen molar-refractivity contribution in [2.45, 2.75) is 33.9 Å². The van der Waals surface area contributed by atoms with Crippen molar-refractivity contribution in [3.8, 4) is 5.75 Å². The summed E-state index contributed by atoms with van der Waals surface area (Å²) in [5.41, 5.74) is 4.08. The Morgan fingerprint density at radius 1 is 0.897 bits per heavy atom. The molecule has 0 aliphatic carbocycles. The summed E-state index contributed by atoms with van der Waals surface area (Å²) in [5, 5.41) is 0. The first kappa shape index (κ1) is 20.7. The summed E-state index contributed by atoms with van der Waals surface area (Å²) in [4.78, 5) is 15.0.